The van der Waals surface area contributed by atoms with Gasteiger partial charge in [-0.3, -0.25) is 4.79 Å². The average Bonchev–Trinajstić information content (AvgIpc) is 2.72. The summed E-state index contributed by atoms with van der Waals surface area (Å²) in [5.41, 5.74) is -0.277. The number of benzene rings is 1. The van der Waals surface area contributed by atoms with Crippen LogP contribution in [-0.2, 0) is 17.5 Å². The summed E-state index contributed by atoms with van der Waals surface area (Å²) in [5.74, 6) is 1.20. The van der Waals surface area contributed by atoms with Gasteiger partial charge in [0.1, 0.15) is 5.82 Å². The maximum Gasteiger partial charge on any atom is 0.416 e. The number of piperidine rings is 1. The first-order chi connectivity index (χ1) is 13.9. The van der Waals surface area contributed by atoms with Crippen molar-refractivity contribution >= 4 is 17.5 Å². The number of carbonyl (C=O) groups is 1. The predicted octanol–water partition coefficient (Wildman–Crippen LogP) is 3.46. The van der Waals surface area contributed by atoms with E-state index >= 15 is 0 Å². The molecule has 1 aromatic heterocycles. The lowest BCUT2D eigenvalue weighted by atomic mass is 9.96. The van der Waals surface area contributed by atoms with Crippen LogP contribution in [0, 0.1) is 5.92 Å². The van der Waals surface area contributed by atoms with Crippen molar-refractivity contribution in [2.45, 2.75) is 32.5 Å². The van der Waals surface area contributed by atoms with E-state index in [4.69, 9.17) is 0 Å². The molecule has 29 heavy (non-hydrogen) atoms. The quantitative estimate of drug-likeness (QED) is 0.768. The molecule has 0 unspecified atom stereocenters. The normalized spacial score (nSPS) is 15.2. The summed E-state index contributed by atoms with van der Waals surface area (Å²) in [4.78, 5) is 14.5. The number of nitrogens with one attached hydrogen (secondary N) is 2. The first-order valence-electron chi connectivity index (χ1n) is 9.63. The number of halogens is 3. The second-order valence-electron chi connectivity index (χ2n) is 6.98. The standard InChI is InChI=1S/C20H24F3N5O/c1-2-24-17-6-7-18(27-26-17)28-10-8-15(9-11-28)19(29)25-13-14-4-3-5-16(12-14)20(21,22)23/h3-7,12,15H,2,8-11,13H2,1H3,(H,24,26)(H,25,29). The molecule has 0 aliphatic carbocycles. The Morgan fingerprint density at radius 1 is 1.17 bits per heavy atom. The van der Waals surface area contributed by atoms with Crippen LogP contribution in [0.2, 0.25) is 0 Å². The highest BCUT2D eigenvalue weighted by molar-refractivity contribution is 5.79. The summed E-state index contributed by atoms with van der Waals surface area (Å²) in [6.07, 6.45) is -3.07. The van der Waals surface area contributed by atoms with Crippen LogP contribution in [0.4, 0.5) is 24.8 Å². The minimum atomic E-state index is -4.39. The molecule has 1 fully saturated rings. The third-order valence-corrected chi connectivity index (χ3v) is 4.92. The van der Waals surface area contributed by atoms with E-state index in [0.717, 1.165) is 30.3 Å². The van der Waals surface area contributed by atoms with Gasteiger partial charge in [-0.1, -0.05) is 12.1 Å². The molecule has 3 rings (SSSR count). The Bertz CT molecular complexity index is 818. The number of aromatic nitrogens is 2. The first-order valence-corrected chi connectivity index (χ1v) is 9.63. The monoisotopic (exact) mass is 407 g/mol. The summed E-state index contributed by atoms with van der Waals surface area (Å²) in [6.45, 7) is 4.20. The van der Waals surface area contributed by atoms with E-state index in [1.165, 1.54) is 6.07 Å². The number of carbonyl (C=O) groups excluding carboxylic acids is 1. The summed E-state index contributed by atoms with van der Waals surface area (Å²) >= 11 is 0. The molecule has 6 nitrogen and oxygen atoms in total. The topological polar surface area (TPSA) is 70.2 Å². The Balaban J connectivity index is 1.49. The number of hydrogen-bond acceptors (Lipinski definition) is 5. The van der Waals surface area contributed by atoms with E-state index in [0.29, 0.717) is 31.5 Å². The minimum absolute atomic E-state index is 0.0837. The molecule has 0 spiro atoms. The van der Waals surface area contributed by atoms with Gasteiger partial charge in [-0.15, -0.1) is 10.2 Å². The van der Waals surface area contributed by atoms with Crippen LogP contribution in [0.3, 0.4) is 0 Å². The highest BCUT2D eigenvalue weighted by Gasteiger charge is 2.30. The molecule has 2 N–H and O–H groups in total. The number of nitrogens with zero attached hydrogens (tertiary/aromatic N) is 3. The van der Waals surface area contributed by atoms with E-state index in [2.05, 4.69) is 25.7 Å². The van der Waals surface area contributed by atoms with Crippen LogP contribution in [0.15, 0.2) is 36.4 Å². The van der Waals surface area contributed by atoms with Crippen molar-refractivity contribution in [2.75, 3.05) is 29.9 Å². The van der Waals surface area contributed by atoms with E-state index < -0.39 is 11.7 Å². The van der Waals surface area contributed by atoms with Crippen molar-refractivity contribution in [3.05, 3.63) is 47.5 Å². The number of rotatable bonds is 6. The second-order valence-corrected chi connectivity index (χ2v) is 6.98. The molecule has 0 atom stereocenters. The van der Waals surface area contributed by atoms with Crippen molar-refractivity contribution in [1.29, 1.82) is 0 Å². The molecule has 1 aliphatic heterocycles. The fourth-order valence-electron chi connectivity index (χ4n) is 3.33. The molecule has 0 saturated carbocycles. The lowest BCUT2D eigenvalue weighted by Gasteiger charge is -2.31. The van der Waals surface area contributed by atoms with Crippen molar-refractivity contribution in [1.82, 2.24) is 15.5 Å². The Kier molecular flexibility index (Phi) is 6.56. The van der Waals surface area contributed by atoms with Crippen molar-refractivity contribution in [2.24, 2.45) is 5.92 Å². The van der Waals surface area contributed by atoms with E-state index in [9.17, 15) is 18.0 Å². The molecule has 1 amide bonds. The molecule has 2 aromatic rings. The number of alkyl halides is 3. The maximum atomic E-state index is 12.8. The first kappa shape index (κ1) is 20.9. The fraction of sp³-hybridized carbons (Fsp3) is 0.450. The molecule has 9 heteroatoms. The van der Waals surface area contributed by atoms with Crippen LogP contribution >= 0.6 is 0 Å². The summed E-state index contributed by atoms with van der Waals surface area (Å²) in [7, 11) is 0. The highest BCUT2D eigenvalue weighted by Crippen LogP contribution is 2.29. The molecule has 0 bridgehead atoms. The Morgan fingerprint density at radius 2 is 1.93 bits per heavy atom. The van der Waals surface area contributed by atoms with Crippen molar-refractivity contribution in [3.63, 3.8) is 0 Å². The van der Waals surface area contributed by atoms with Gasteiger partial charge >= 0.3 is 6.18 Å². The zero-order valence-electron chi connectivity index (χ0n) is 16.2. The summed E-state index contributed by atoms with van der Waals surface area (Å²) in [6, 6.07) is 8.80. The van der Waals surface area contributed by atoms with Crippen LogP contribution in [0.25, 0.3) is 0 Å². The lowest BCUT2D eigenvalue weighted by molar-refractivity contribution is -0.137. The molecular weight excluding hydrogens is 383 g/mol. The van der Waals surface area contributed by atoms with Gasteiger partial charge in [0.2, 0.25) is 5.91 Å². The molecular formula is C20H24F3N5O. The zero-order valence-corrected chi connectivity index (χ0v) is 16.2. The fourth-order valence-corrected chi connectivity index (χ4v) is 3.33. The van der Waals surface area contributed by atoms with Gasteiger partial charge in [0.15, 0.2) is 5.82 Å². The Morgan fingerprint density at radius 3 is 2.55 bits per heavy atom. The predicted molar refractivity (Wildman–Crippen MR) is 104 cm³/mol. The molecule has 1 aromatic carbocycles. The van der Waals surface area contributed by atoms with Gasteiger partial charge in [0.05, 0.1) is 5.56 Å². The van der Waals surface area contributed by atoms with Gasteiger partial charge in [-0.05, 0) is 49.6 Å². The summed E-state index contributed by atoms with van der Waals surface area (Å²) < 4.78 is 38.4. The maximum absolute atomic E-state index is 12.8. The Hall–Kier alpha value is -2.84. The number of amides is 1. The van der Waals surface area contributed by atoms with Crippen molar-refractivity contribution < 1.29 is 18.0 Å². The third kappa shape index (κ3) is 5.58. The molecule has 0 radical (unpaired) electrons. The zero-order chi connectivity index (χ0) is 20.9. The van der Waals surface area contributed by atoms with Gasteiger partial charge in [0.25, 0.3) is 0 Å². The summed E-state index contributed by atoms with van der Waals surface area (Å²) in [5, 5.41) is 14.2. The SMILES string of the molecule is CCNc1ccc(N2CCC(C(=O)NCc3cccc(C(F)(F)F)c3)CC2)nn1. The minimum Gasteiger partial charge on any atom is -0.369 e. The van der Waals surface area contributed by atoms with Crippen molar-refractivity contribution in [3.8, 4) is 0 Å². The van der Waals surface area contributed by atoms with E-state index in [1.54, 1.807) is 6.07 Å². The molecule has 2 heterocycles. The van der Waals surface area contributed by atoms with Gasteiger partial charge < -0.3 is 15.5 Å². The van der Waals surface area contributed by atoms with E-state index in [-0.39, 0.29) is 18.4 Å². The van der Waals surface area contributed by atoms with Gasteiger partial charge in [-0.2, -0.15) is 13.2 Å². The molecule has 1 saturated heterocycles. The van der Waals surface area contributed by atoms with Crippen LogP contribution in [0.1, 0.15) is 30.9 Å². The molecule has 1 aliphatic rings. The second kappa shape index (κ2) is 9.11. The van der Waals surface area contributed by atoms with E-state index in [1.807, 2.05) is 19.1 Å². The third-order valence-electron chi connectivity index (χ3n) is 4.92. The largest absolute Gasteiger partial charge is 0.416 e. The lowest BCUT2D eigenvalue weighted by Crippen LogP contribution is -2.40. The Labute approximate surface area is 167 Å². The number of anilines is 2. The average molecular weight is 407 g/mol. The highest BCUT2D eigenvalue weighted by atomic mass is 19.4. The van der Waals surface area contributed by atoms with Crippen LogP contribution < -0.4 is 15.5 Å². The van der Waals surface area contributed by atoms with Crippen LogP contribution in [0.5, 0.6) is 0 Å². The van der Waals surface area contributed by atoms with Crippen LogP contribution in [-0.4, -0.2) is 35.7 Å². The van der Waals surface area contributed by atoms with Gasteiger partial charge in [0, 0.05) is 32.1 Å². The van der Waals surface area contributed by atoms with Gasteiger partial charge in [-0.25, -0.2) is 0 Å². The molecule has 156 valence electrons. The number of hydrogen-bond donors (Lipinski definition) is 2. The smallest absolute Gasteiger partial charge is 0.369 e.